The van der Waals surface area contributed by atoms with Gasteiger partial charge in [-0.15, -0.1) is 0 Å². The molecule has 2 atom stereocenters. The Bertz CT molecular complexity index is 1010. The fraction of sp³-hybridized carbons (Fsp3) is 0.316. The number of nitrogens with one attached hydrogen (secondary N) is 1. The first kappa shape index (κ1) is 20.0. The Balaban J connectivity index is 1.81. The molecule has 1 amide bonds. The number of rotatable bonds is 4. The zero-order valence-electron chi connectivity index (χ0n) is 15.2. The maximum Gasteiger partial charge on any atom is 0.251 e. The van der Waals surface area contributed by atoms with Crippen molar-refractivity contribution in [3.8, 4) is 0 Å². The number of anilines is 1. The van der Waals surface area contributed by atoms with E-state index in [9.17, 15) is 13.2 Å². The molecule has 27 heavy (non-hydrogen) atoms. The van der Waals surface area contributed by atoms with E-state index in [0.29, 0.717) is 27.7 Å². The molecule has 8 heteroatoms. The highest BCUT2D eigenvalue weighted by molar-refractivity contribution is 7.92. The molecule has 0 radical (unpaired) electrons. The van der Waals surface area contributed by atoms with Crippen LogP contribution < -0.4 is 9.62 Å². The van der Waals surface area contributed by atoms with Crippen LogP contribution in [-0.2, 0) is 16.4 Å². The molecular formula is C19H20Cl2N2O3S. The number of halogens is 2. The van der Waals surface area contributed by atoms with Crippen LogP contribution in [0.25, 0.3) is 0 Å². The van der Waals surface area contributed by atoms with E-state index in [0.717, 1.165) is 11.1 Å². The number of nitrogens with zero attached hydrogens (tertiary/aromatic N) is 1. The quantitative estimate of drug-likeness (QED) is 0.796. The molecule has 2 aromatic carbocycles. The molecule has 0 saturated carbocycles. The zero-order chi connectivity index (χ0) is 19.9. The first-order valence-corrected chi connectivity index (χ1v) is 11.1. The number of benzene rings is 2. The number of carbonyl (C=O) groups excluding carboxylic acids is 1. The molecule has 1 N–H and O–H groups in total. The topological polar surface area (TPSA) is 66.5 Å². The highest BCUT2D eigenvalue weighted by Crippen LogP contribution is 2.35. The van der Waals surface area contributed by atoms with Crippen LogP contribution in [-0.4, -0.2) is 26.6 Å². The number of hydrogen-bond donors (Lipinski definition) is 1. The Hall–Kier alpha value is -1.76. The van der Waals surface area contributed by atoms with Gasteiger partial charge in [0.2, 0.25) is 10.0 Å². The molecule has 0 spiro atoms. The van der Waals surface area contributed by atoms with Crippen LogP contribution in [0.2, 0.25) is 10.0 Å². The van der Waals surface area contributed by atoms with Gasteiger partial charge in [-0.3, -0.25) is 9.10 Å². The third-order valence-electron chi connectivity index (χ3n) is 4.64. The van der Waals surface area contributed by atoms with Crippen LogP contribution in [0.1, 0.15) is 41.4 Å². The SMILES string of the molecule is CC(NC(=O)c1ccc2c(c1)CC(C)N2S(C)(=O)=O)c1ccc(Cl)c(Cl)c1. The van der Waals surface area contributed by atoms with E-state index in [2.05, 4.69) is 5.32 Å². The lowest BCUT2D eigenvalue weighted by Crippen LogP contribution is -2.34. The minimum Gasteiger partial charge on any atom is -0.346 e. The monoisotopic (exact) mass is 426 g/mol. The van der Waals surface area contributed by atoms with E-state index >= 15 is 0 Å². The predicted octanol–water partition coefficient (Wildman–Crippen LogP) is 4.20. The molecule has 2 unspecified atom stereocenters. The van der Waals surface area contributed by atoms with E-state index in [4.69, 9.17) is 23.2 Å². The second kappa shape index (κ2) is 7.34. The van der Waals surface area contributed by atoms with E-state index in [1.54, 1.807) is 30.3 Å². The smallest absolute Gasteiger partial charge is 0.251 e. The number of hydrogen-bond acceptors (Lipinski definition) is 3. The Labute approximate surface area is 169 Å². The summed E-state index contributed by atoms with van der Waals surface area (Å²) in [5, 5.41) is 3.82. The van der Waals surface area contributed by atoms with E-state index in [1.807, 2.05) is 19.9 Å². The Kier molecular flexibility index (Phi) is 5.43. The van der Waals surface area contributed by atoms with E-state index in [-0.39, 0.29) is 18.0 Å². The van der Waals surface area contributed by atoms with Crippen molar-refractivity contribution >= 4 is 44.8 Å². The number of amides is 1. The summed E-state index contributed by atoms with van der Waals surface area (Å²) in [5.74, 6) is -0.234. The zero-order valence-corrected chi connectivity index (χ0v) is 17.5. The van der Waals surface area contributed by atoms with Gasteiger partial charge in [0.05, 0.1) is 28.0 Å². The van der Waals surface area contributed by atoms with Crippen LogP contribution in [0.3, 0.4) is 0 Å². The standard InChI is InChI=1S/C19H20Cl2N2O3S/c1-11-8-15-9-14(5-7-18(15)23(11)27(3,25)26)19(24)22-12(2)13-4-6-16(20)17(21)10-13/h4-7,9-12H,8H2,1-3H3,(H,22,24). The fourth-order valence-corrected chi connectivity index (χ4v) is 4.96. The van der Waals surface area contributed by atoms with Crippen LogP contribution in [0.15, 0.2) is 36.4 Å². The molecule has 1 heterocycles. The molecule has 3 rings (SSSR count). The molecule has 2 aromatic rings. The van der Waals surface area contributed by atoms with E-state index in [1.165, 1.54) is 10.6 Å². The summed E-state index contributed by atoms with van der Waals surface area (Å²) in [6.45, 7) is 3.71. The van der Waals surface area contributed by atoms with Crippen molar-refractivity contribution in [3.05, 3.63) is 63.1 Å². The van der Waals surface area contributed by atoms with Crippen molar-refractivity contribution in [2.24, 2.45) is 0 Å². The van der Waals surface area contributed by atoms with Gasteiger partial charge in [-0.1, -0.05) is 29.3 Å². The first-order valence-electron chi connectivity index (χ1n) is 8.46. The van der Waals surface area contributed by atoms with E-state index < -0.39 is 10.0 Å². The Morgan fingerprint density at radius 2 is 1.89 bits per heavy atom. The van der Waals surface area contributed by atoms with Gasteiger partial charge in [0, 0.05) is 11.6 Å². The molecule has 0 aliphatic carbocycles. The third kappa shape index (κ3) is 4.08. The largest absolute Gasteiger partial charge is 0.346 e. The van der Waals surface area contributed by atoms with Gasteiger partial charge in [-0.05, 0) is 61.7 Å². The summed E-state index contributed by atoms with van der Waals surface area (Å²) in [4.78, 5) is 12.6. The Morgan fingerprint density at radius 3 is 2.52 bits per heavy atom. The average Bonchev–Trinajstić information content (AvgIpc) is 2.92. The van der Waals surface area contributed by atoms with Crippen molar-refractivity contribution in [1.82, 2.24) is 5.32 Å². The normalized spacial score (nSPS) is 17.5. The van der Waals surface area contributed by atoms with Gasteiger partial charge in [-0.25, -0.2) is 8.42 Å². The summed E-state index contributed by atoms with van der Waals surface area (Å²) in [7, 11) is -3.35. The number of fused-ring (bicyclic) bond motifs is 1. The summed E-state index contributed by atoms with van der Waals surface area (Å²) in [5.41, 5.74) is 2.82. The average molecular weight is 427 g/mol. The lowest BCUT2D eigenvalue weighted by atomic mass is 10.0. The molecule has 1 aliphatic heterocycles. The summed E-state index contributed by atoms with van der Waals surface area (Å²) in [6.07, 6.45) is 1.77. The van der Waals surface area contributed by atoms with Crippen molar-refractivity contribution in [2.75, 3.05) is 10.6 Å². The summed E-state index contributed by atoms with van der Waals surface area (Å²) in [6, 6.07) is 9.91. The maximum atomic E-state index is 12.6. The highest BCUT2D eigenvalue weighted by atomic mass is 35.5. The van der Waals surface area contributed by atoms with Gasteiger partial charge in [0.25, 0.3) is 5.91 Å². The number of carbonyl (C=O) groups is 1. The van der Waals surface area contributed by atoms with Crippen molar-refractivity contribution < 1.29 is 13.2 Å². The van der Waals surface area contributed by atoms with Crippen LogP contribution in [0, 0.1) is 0 Å². The fourth-order valence-electron chi connectivity index (χ4n) is 3.39. The Morgan fingerprint density at radius 1 is 1.19 bits per heavy atom. The second-order valence-electron chi connectivity index (χ2n) is 6.82. The maximum absolute atomic E-state index is 12.6. The third-order valence-corrected chi connectivity index (χ3v) is 6.65. The lowest BCUT2D eigenvalue weighted by molar-refractivity contribution is 0.0940. The van der Waals surface area contributed by atoms with Crippen LogP contribution >= 0.6 is 23.2 Å². The molecule has 0 bridgehead atoms. The molecule has 144 valence electrons. The molecular weight excluding hydrogens is 407 g/mol. The minimum absolute atomic E-state index is 0.163. The lowest BCUT2D eigenvalue weighted by Gasteiger charge is -2.22. The minimum atomic E-state index is -3.35. The molecule has 0 fully saturated rings. The van der Waals surface area contributed by atoms with Gasteiger partial charge in [-0.2, -0.15) is 0 Å². The number of sulfonamides is 1. The van der Waals surface area contributed by atoms with Gasteiger partial charge in [0.1, 0.15) is 0 Å². The molecule has 5 nitrogen and oxygen atoms in total. The van der Waals surface area contributed by atoms with Crippen LogP contribution in [0.5, 0.6) is 0 Å². The van der Waals surface area contributed by atoms with Gasteiger partial charge < -0.3 is 5.32 Å². The van der Waals surface area contributed by atoms with Crippen molar-refractivity contribution in [3.63, 3.8) is 0 Å². The summed E-state index contributed by atoms with van der Waals surface area (Å²) < 4.78 is 25.4. The first-order chi connectivity index (χ1) is 12.6. The van der Waals surface area contributed by atoms with Gasteiger partial charge in [0.15, 0.2) is 0 Å². The highest BCUT2D eigenvalue weighted by Gasteiger charge is 2.32. The molecule has 1 aliphatic rings. The molecule has 0 saturated heterocycles. The summed E-state index contributed by atoms with van der Waals surface area (Å²) >= 11 is 12.0. The van der Waals surface area contributed by atoms with Crippen LogP contribution in [0.4, 0.5) is 5.69 Å². The predicted molar refractivity (Wildman–Crippen MR) is 109 cm³/mol. The molecule has 0 aromatic heterocycles. The van der Waals surface area contributed by atoms with Crippen molar-refractivity contribution in [1.29, 1.82) is 0 Å². The second-order valence-corrected chi connectivity index (χ2v) is 9.50. The van der Waals surface area contributed by atoms with Crippen molar-refractivity contribution in [2.45, 2.75) is 32.4 Å². The van der Waals surface area contributed by atoms with Gasteiger partial charge >= 0.3 is 0 Å².